The van der Waals surface area contributed by atoms with Gasteiger partial charge in [-0.1, -0.05) is 5.21 Å². The molecule has 7 heteroatoms. The molecule has 1 amide bonds. The highest BCUT2D eigenvalue weighted by Crippen LogP contribution is 2.29. The predicted molar refractivity (Wildman–Crippen MR) is 72.4 cm³/mol. The molecule has 1 aliphatic carbocycles. The highest BCUT2D eigenvalue weighted by atomic mass is 16.2. The van der Waals surface area contributed by atoms with E-state index >= 15 is 0 Å². The van der Waals surface area contributed by atoms with Crippen LogP contribution in [0.1, 0.15) is 35.8 Å². The zero-order chi connectivity index (χ0) is 13.5. The maximum absolute atomic E-state index is 12.2. The highest BCUT2D eigenvalue weighted by molar-refractivity contribution is 5.92. The van der Waals surface area contributed by atoms with E-state index in [0.717, 1.165) is 38.6 Å². The molecule has 3 heterocycles. The lowest BCUT2D eigenvalue weighted by Gasteiger charge is -2.26. The van der Waals surface area contributed by atoms with Gasteiger partial charge in [0.25, 0.3) is 5.91 Å². The SMILES string of the molecule is O=C(NC1CCN(C2CC2)C1)c1cn(C2CNC2)nn1. The Labute approximate surface area is 117 Å². The number of nitrogens with zero attached hydrogens (tertiary/aromatic N) is 4. The molecule has 0 aromatic carbocycles. The molecule has 1 unspecified atom stereocenters. The second kappa shape index (κ2) is 4.82. The number of hydrogen-bond acceptors (Lipinski definition) is 5. The second-order valence-electron chi connectivity index (χ2n) is 6.08. The van der Waals surface area contributed by atoms with Gasteiger partial charge in [0, 0.05) is 38.3 Å². The van der Waals surface area contributed by atoms with Crippen molar-refractivity contribution in [1.29, 1.82) is 0 Å². The van der Waals surface area contributed by atoms with Gasteiger partial charge in [-0.3, -0.25) is 9.69 Å². The molecular weight excluding hydrogens is 256 g/mol. The van der Waals surface area contributed by atoms with Crippen molar-refractivity contribution in [2.24, 2.45) is 0 Å². The normalized spacial score (nSPS) is 27.5. The van der Waals surface area contributed by atoms with Crippen LogP contribution in [-0.4, -0.2) is 64.1 Å². The molecule has 0 spiro atoms. The van der Waals surface area contributed by atoms with E-state index in [2.05, 4.69) is 25.8 Å². The summed E-state index contributed by atoms with van der Waals surface area (Å²) in [5, 5.41) is 14.3. The standard InChI is InChI=1S/C13H20N6O/c20-13(12-8-19(17-16-12)11-5-14-6-11)15-9-3-4-18(7-9)10-1-2-10/h8-11,14H,1-7H2,(H,15,20). The van der Waals surface area contributed by atoms with Crippen LogP contribution in [0.5, 0.6) is 0 Å². The molecule has 3 aliphatic rings. The summed E-state index contributed by atoms with van der Waals surface area (Å²) >= 11 is 0. The first-order valence-electron chi connectivity index (χ1n) is 7.47. The van der Waals surface area contributed by atoms with E-state index < -0.39 is 0 Å². The van der Waals surface area contributed by atoms with Gasteiger partial charge >= 0.3 is 0 Å². The quantitative estimate of drug-likeness (QED) is 0.767. The minimum absolute atomic E-state index is 0.0915. The Kier molecular flexibility index (Phi) is 2.96. The van der Waals surface area contributed by atoms with Gasteiger partial charge in [-0.25, -0.2) is 4.68 Å². The number of hydrogen-bond donors (Lipinski definition) is 2. The molecule has 1 aromatic rings. The molecule has 2 aliphatic heterocycles. The molecule has 2 saturated heterocycles. The van der Waals surface area contributed by atoms with Gasteiger partial charge < -0.3 is 10.6 Å². The first-order chi connectivity index (χ1) is 9.79. The van der Waals surface area contributed by atoms with Crippen LogP contribution in [0.3, 0.4) is 0 Å². The monoisotopic (exact) mass is 276 g/mol. The van der Waals surface area contributed by atoms with Gasteiger partial charge in [0.05, 0.1) is 12.2 Å². The summed E-state index contributed by atoms with van der Waals surface area (Å²) in [6, 6.07) is 1.39. The molecular formula is C13H20N6O. The second-order valence-corrected chi connectivity index (χ2v) is 6.08. The number of likely N-dealkylation sites (tertiary alicyclic amines) is 1. The van der Waals surface area contributed by atoms with Crippen molar-refractivity contribution in [2.45, 2.75) is 37.4 Å². The van der Waals surface area contributed by atoms with Gasteiger partial charge in [0.2, 0.25) is 0 Å². The van der Waals surface area contributed by atoms with Gasteiger partial charge in [0.15, 0.2) is 5.69 Å². The van der Waals surface area contributed by atoms with Crippen LogP contribution in [0.2, 0.25) is 0 Å². The van der Waals surface area contributed by atoms with Crippen molar-refractivity contribution >= 4 is 5.91 Å². The lowest BCUT2D eigenvalue weighted by Crippen LogP contribution is -2.43. The molecule has 4 rings (SSSR count). The third-order valence-electron chi connectivity index (χ3n) is 4.50. The summed E-state index contributed by atoms with van der Waals surface area (Å²) < 4.78 is 1.79. The number of carbonyl (C=O) groups excluding carboxylic acids is 1. The fraction of sp³-hybridized carbons (Fsp3) is 0.769. The number of carbonyl (C=O) groups is 1. The van der Waals surface area contributed by atoms with Crippen molar-refractivity contribution in [1.82, 2.24) is 30.5 Å². The van der Waals surface area contributed by atoms with E-state index in [-0.39, 0.29) is 11.9 Å². The Bertz CT molecular complexity index is 507. The number of nitrogens with one attached hydrogen (secondary N) is 2. The average molecular weight is 276 g/mol. The van der Waals surface area contributed by atoms with Crippen molar-refractivity contribution in [3.63, 3.8) is 0 Å². The van der Waals surface area contributed by atoms with Crippen LogP contribution < -0.4 is 10.6 Å². The van der Waals surface area contributed by atoms with E-state index in [1.807, 2.05) is 0 Å². The van der Waals surface area contributed by atoms with Crippen molar-refractivity contribution in [3.05, 3.63) is 11.9 Å². The lowest BCUT2D eigenvalue weighted by atomic mass is 10.2. The molecule has 7 nitrogen and oxygen atoms in total. The molecule has 0 radical (unpaired) electrons. The summed E-state index contributed by atoms with van der Waals surface area (Å²) in [4.78, 5) is 14.7. The van der Waals surface area contributed by atoms with Crippen molar-refractivity contribution in [2.75, 3.05) is 26.2 Å². The topological polar surface area (TPSA) is 75.1 Å². The summed E-state index contributed by atoms with van der Waals surface area (Å²) in [7, 11) is 0. The third kappa shape index (κ3) is 2.31. The Morgan fingerprint density at radius 3 is 2.85 bits per heavy atom. The molecule has 0 bridgehead atoms. The predicted octanol–water partition coefficient (Wildman–Crippen LogP) is -0.611. The van der Waals surface area contributed by atoms with E-state index in [1.54, 1.807) is 10.9 Å². The van der Waals surface area contributed by atoms with Crippen molar-refractivity contribution in [3.8, 4) is 0 Å². The zero-order valence-electron chi connectivity index (χ0n) is 11.5. The molecule has 2 N–H and O–H groups in total. The Morgan fingerprint density at radius 1 is 1.30 bits per heavy atom. The Balaban J connectivity index is 1.34. The maximum atomic E-state index is 12.2. The van der Waals surface area contributed by atoms with E-state index in [0.29, 0.717) is 11.7 Å². The van der Waals surface area contributed by atoms with E-state index in [4.69, 9.17) is 0 Å². The molecule has 3 fully saturated rings. The summed E-state index contributed by atoms with van der Waals surface area (Å²) in [6.07, 6.45) is 5.45. The molecule has 20 heavy (non-hydrogen) atoms. The lowest BCUT2D eigenvalue weighted by molar-refractivity contribution is 0.0932. The van der Waals surface area contributed by atoms with Gasteiger partial charge in [-0.05, 0) is 19.3 Å². The van der Waals surface area contributed by atoms with Crippen LogP contribution in [0.4, 0.5) is 0 Å². The van der Waals surface area contributed by atoms with E-state index in [1.165, 1.54) is 12.8 Å². The van der Waals surface area contributed by atoms with Crippen molar-refractivity contribution < 1.29 is 4.79 Å². The fourth-order valence-electron chi connectivity index (χ4n) is 2.96. The number of aromatic nitrogens is 3. The number of amides is 1. The molecule has 1 atom stereocenters. The van der Waals surface area contributed by atoms with Crippen LogP contribution in [0.15, 0.2) is 6.20 Å². The first kappa shape index (κ1) is 12.3. The summed E-state index contributed by atoms with van der Waals surface area (Å²) in [6.45, 7) is 3.90. The summed E-state index contributed by atoms with van der Waals surface area (Å²) in [5.74, 6) is -0.0915. The molecule has 108 valence electrons. The van der Waals surface area contributed by atoms with Crippen LogP contribution >= 0.6 is 0 Å². The van der Waals surface area contributed by atoms with Crippen LogP contribution in [0.25, 0.3) is 0 Å². The smallest absolute Gasteiger partial charge is 0.273 e. The third-order valence-corrected chi connectivity index (χ3v) is 4.50. The van der Waals surface area contributed by atoms with E-state index in [9.17, 15) is 4.79 Å². The highest BCUT2D eigenvalue weighted by Gasteiger charge is 2.35. The molecule has 1 aromatic heterocycles. The fourth-order valence-corrected chi connectivity index (χ4v) is 2.96. The minimum atomic E-state index is -0.0915. The molecule has 1 saturated carbocycles. The largest absolute Gasteiger partial charge is 0.347 e. The Hall–Kier alpha value is -1.47. The maximum Gasteiger partial charge on any atom is 0.273 e. The van der Waals surface area contributed by atoms with Gasteiger partial charge in [-0.15, -0.1) is 5.10 Å². The van der Waals surface area contributed by atoms with Crippen LogP contribution in [0, 0.1) is 0 Å². The summed E-state index contributed by atoms with van der Waals surface area (Å²) in [5.41, 5.74) is 0.432. The van der Waals surface area contributed by atoms with Crippen LogP contribution in [-0.2, 0) is 0 Å². The zero-order valence-corrected chi connectivity index (χ0v) is 11.5. The van der Waals surface area contributed by atoms with Gasteiger partial charge in [-0.2, -0.15) is 0 Å². The first-order valence-corrected chi connectivity index (χ1v) is 7.47. The number of rotatable bonds is 4. The average Bonchev–Trinajstić information content (AvgIpc) is 2.93. The van der Waals surface area contributed by atoms with Gasteiger partial charge in [0.1, 0.15) is 0 Å². The Morgan fingerprint density at radius 2 is 2.15 bits per heavy atom. The minimum Gasteiger partial charge on any atom is -0.347 e.